The summed E-state index contributed by atoms with van der Waals surface area (Å²) in [5.74, 6) is -1.32. The number of carbonyl (C=O) groups excluding carboxylic acids is 1. The summed E-state index contributed by atoms with van der Waals surface area (Å²) < 4.78 is 25.3. The third kappa shape index (κ3) is 2.30. The van der Waals surface area contributed by atoms with Crippen LogP contribution in [0.1, 0.15) is 15.9 Å². The van der Waals surface area contributed by atoms with Gasteiger partial charge in [-0.05, 0) is 34.5 Å². The molecule has 1 aromatic carbocycles. The van der Waals surface area contributed by atoms with E-state index in [9.17, 15) is 13.6 Å². The highest BCUT2D eigenvalue weighted by atomic mass is 79.9. The SMILES string of the molecule is Cc1cccc(Cl)c1C(=O)C(F)(F)Br. The van der Waals surface area contributed by atoms with Gasteiger partial charge < -0.3 is 0 Å². The van der Waals surface area contributed by atoms with Gasteiger partial charge in [-0.2, -0.15) is 8.78 Å². The maximum atomic E-state index is 12.7. The molecule has 0 unspecified atom stereocenters. The van der Waals surface area contributed by atoms with E-state index in [0.717, 1.165) is 0 Å². The van der Waals surface area contributed by atoms with Crippen LogP contribution in [-0.4, -0.2) is 10.6 Å². The third-order valence-electron chi connectivity index (χ3n) is 1.71. The number of benzene rings is 1. The molecule has 0 aliphatic rings. The van der Waals surface area contributed by atoms with Crippen LogP contribution in [0, 0.1) is 6.92 Å². The third-order valence-corrected chi connectivity index (χ3v) is 2.38. The first-order chi connectivity index (χ1) is 6.34. The number of Topliss-reactive ketones (excluding diaryl/α,β-unsaturated/α-hetero) is 1. The van der Waals surface area contributed by atoms with E-state index in [0.29, 0.717) is 5.56 Å². The van der Waals surface area contributed by atoms with Crippen LogP contribution in [-0.2, 0) is 0 Å². The molecule has 1 rings (SSSR count). The molecule has 0 atom stereocenters. The van der Waals surface area contributed by atoms with Gasteiger partial charge in [0, 0.05) is 5.56 Å². The molecule has 14 heavy (non-hydrogen) atoms. The first kappa shape index (κ1) is 11.6. The lowest BCUT2D eigenvalue weighted by Gasteiger charge is -2.10. The zero-order valence-electron chi connectivity index (χ0n) is 7.15. The Kier molecular flexibility index (Phi) is 3.27. The van der Waals surface area contributed by atoms with E-state index in [1.807, 2.05) is 15.9 Å². The second kappa shape index (κ2) is 3.95. The van der Waals surface area contributed by atoms with Crippen molar-refractivity contribution in [2.75, 3.05) is 0 Å². The average molecular weight is 283 g/mol. The molecule has 0 N–H and O–H groups in total. The van der Waals surface area contributed by atoms with Crippen molar-refractivity contribution in [3.63, 3.8) is 0 Å². The Balaban J connectivity index is 3.26. The van der Waals surface area contributed by atoms with Crippen molar-refractivity contribution in [3.8, 4) is 0 Å². The Bertz CT molecular complexity index is 353. The minimum absolute atomic E-state index is 0.0362. The molecule has 0 aromatic heterocycles. The van der Waals surface area contributed by atoms with E-state index in [4.69, 9.17) is 11.6 Å². The van der Waals surface area contributed by atoms with Gasteiger partial charge in [0.1, 0.15) is 0 Å². The van der Waals surface area contributed by atoms with Crippen LogP contribution in [0.25, 0.3) is 0 Å². The Morgan fingerprint density at radius 3 is 2.50 bits per heavy atom. The van der Waals surface area contributed by atoms with Crippen molar-refractivity contribution in [1.29, 1.82) is 0 Å². The molecule has 0 amide bonds. The summed E-state index contributed by atoms with van der Waals surface area (Å²) in [4.78, 5) is 7.66. The zero-order valence-corrected chi connectivity index (χ0v) is 9.49. The molecule has 0 fully saturated rings. The van der Waals surface area contributed by atoms with Crippen molar-refractivity contribution in [1.82, 2.24) is 0 Å². The Labute approximate surface area is 93.2 Å². The van der Waals surface area contributed by atoms with Gasteiger partial charge in [0.25, 0.3) is 0 Å². The number of hydrogen-bond donors (Lipinski definition) is 0. The van der Waals surface area contributed by atoms with Crippen molar-refractivity contribution in [2.24, 2.45) is 0 Å². The second-order valence-electron chi connectivity index (χ2n) is 2.76. The summed E-state index contributed by atoms with van der Waals surface area (Å²) in [6, 6.07) is 4.55. The number of rotatable bonds is 2. The summed E-state index contributed by atoms with van der Waals surface area (Å²) >= 11 is 7.66. The maximum absolute atomic E-state index is 12.7. The number of alkyl halides is 3. The molecule has 0 aliphatic heterocycles. The monoisotopic (exact) mass is 282 g/mol. The lowest BCUT2D eigenvalue weighted by molar-refractivity contribution is 0.0592. The van der Waals surface area contributed by atoms with E-state index < -0.39 is 10.6 Å². The molecule has 5 heteroatoms. The summed E-state index contributed by atoms with van der Waals surface area (Å²) in [7, 11) is 0. The minimum atomic E-state index is -3.57. The lowest BCUT2D eigenvalue weighted by atomic mass is 10.1. The van der Waals surface area contributed by atoms with E-state index in [2.05, 4.69) is 0 Å². The largest absolute Gasteiger partial charge is 0.363 e. The Hall–Kier alpha value is -0.480. The van der Waals surface area contributed by atoms with Crippen LogP contribution < -0.4 is 0 Å². The first-order valence-electron chi connectivity index (χ1n) is 3.70. The molecular formula is C9H6BrClF2O. The number of halogens is 4. The molecule has 0 heterocycles. The second-order valence-corrected chi connectivity index (χ2v) is 4.16. The minimum Gasteiger partial charge on any atom is -0.286 e. The topological polar surface area (TPSA) is 17.1 Å². The molecule has 0 bridgehead atoms. The predicted molar refractivity (Wildman–Crippen MR) is 54.4 cm³/mol. The number of carbonyl (C=O) groups is 1. The smallest absolute Gasteiger partial charge is 0.286 e. The van der Waals surface area contributed by atoms with Gasteiger partial charge in [0.15, 0.2) is 0 Å². The van der Waals surface area contributed by atoms with Crippen molar-refractivity contribution < 1.29 is 13.6 Å². The molecule has 0 saturated carbocycles. The van der Waals surface area contributed by atoms with Crippen molar-refractivity contribution in [2.45, 2.75) is 11.8 Å². The van der Waals surface area contributed by atoms with Crippen LogP contribution in [0.15, 0.2) is 18.2 Å². The lowest BCUT2D eigenvalue weighted by Crippen LogP contribution is -2.22. The number of ketones is 1. The highest BCUT2D eigenvalue weighted by Gasteiger charge is 2.37. The average Bonchev–Trinajstić information content (AvgIpc) is 2.01. The maximum Gasteiger partial charge on any atom is 0.363 e. The summed E-state index contributed by atoms with van der Waals surface area (Å²) in [6.45, 7) is 1.55. The molecule has 1 aromatic rings. The van der Waals surface area contributed by atoms with Crippen molar-refractivity contribution in [3.05, 3.63) is 34.3 Å². The fourth-order valence-corrected chi connectivity index (χ4v) is 1.57. The zero-order chi connectivity index (χ0) is 10.9. The van der Waals surface area contributed by atoms with Gasteiger partial charge in [-0.1, -0.05) is 23.7 Å². The molecule has 0 aliphatic carbocycles. The van der Waals surface area contributed by atoms with Crippen LogP contribution >= 0.6 is 27.5 Å². The fourth-order valence-electron chi connectivity index (χ4n) is 1.06. The van der Waals surface area contributed by atoms with Crippen molar-refractivity contribution >= 4 is 33.3 Å². The van der Waals surface area contributed by atoms with Gasteiger partial charge in [0.2, 0.25) is 5.78 Å². The Morgan fingerprint density at radius 2 is 2.07 bits per heavy atom. The highest BCUT2D eigenvalue weighted by molar-refractivity contribution is 9.10. The van der Waals surface area contributed by atoms with Crippen LogP contribution in [0.4, 0.5) is 8.78 Å². The van der Waals surface area contributed by atoms with E-state index >= 15 is 0 Å². The summed E-state index contributed by atoms with van der Waals surface area (Å²) in [6.07, 6.45) is 0. The van der Waals surface area contributed by atoms with Gasteiger partial charge >= 0.3 is 4.83 Å². The van der Waals surface area contributed by atoms with Crippen LogP contribution in [0.5, 0.6) is 0 Å². The van der Waals surface area contributed by atoms with Gasteiger partial charge in [-0.25, -0.2) is 0 Å². The highest BCUT2D eigenvalue weighted by Crippen LogP contribution is 2.31. The predicted octanol–water partition coefficient (Wildman–Crippen LogP) is 3.82. The summed E-state index contributed by atoms with van der Waals surface area (Å²) in [5.41, 5.74) is 0.290. The molecular weight excluding hydrogens is 277 g/mol. The van der Waals surface area contributed by atoms with Gasteiger partial charge in [-0.15, -0.1) is 0 Å². The summed E-state index contributed by atoms with van der Waals surface area (Å²) in [5, 5.41) is 0.0362. The van der Waals surface area contributed by atoms with Crippen LogP contribution in [0.2, 0.25) is 5.02 Å². The van der Waals surface area contributed by atoms with Crippen LogP contribution in [0.3, 0.4) is 0 Å². The quantitative estimate of drug-likeness (QED) is 0.596. The number of hydrogen-bond acceptors (Lipinski definition) is 1. The molecule has 0 saturated heterocycles. The molecule has 1 nitrogen and oxygen atoms in total. The first-order valence-corrected chi connectivity index (χ1v) is 4.88. The fraction of sp³-hybridized carbons (Fsp3) is 0.222. The normalized spacial score (nSPS) is 11.5. The standard InChI is InChI=1S/C9H6BrClF2O/c1-5-3-2-4-6(11)7(5)8(14)9(10,12)13/h2-4H,1H3. The van der Waals surface area contributed by atoms with Gasteiger partial charge in [-0.3, -0.25) is 4.79 Å². The molecule has 0 spiro atoms. The Morgan fingerprint density at radius 1 is 1.50 bits per heavy atom. The molecule has 76 valence electrons. The van der Waals surface area contributed by atoms with E-state index in [1.165, 1.54) is 6.07 Å². The molecule has 0 radical (unpaired) electrons. The van der Waals surface area contributed by atoms with E-state index in [-0.39, 0.29) is 10.6 Å². The van der Waals surface area contributed by atoms with E-state index in [1.54, 1.807) is 19.1 Å². The number of aryl methyl sites for hydroxylation is 1. The van der Waals surface area contributed by atoms with Gasteiger partial charge in [0.05, 0.1) is 5.02 Å².